The SMILES string of the molecule is CN(C)[C@@H]1CCN(C(=O)C[C@]23CCC[C@@H]2[C@H]2CCC4[C@@]5(C)CC[C@H](OC(=O)CC(C)(C)C(=O)O)C(C)(C)C5CC[C@@]4(C)[C@]2(C)CC3)C1. The Morgan fingerprint density at radius 3 is 2.21 bits per heavy atom. The number of nitrogens with zero attached hydrogens (tertiary/aromatic N) is 2. The molecule has 1 aliphatic heterocycles. The molecule has 1 N–H and O–H groups in total. The van der Waals surface area contributed by atoms with Crippen LogP contribution < -0.4 is 0 Å². The van der Waals surface area contributed by atoms with E-state index in [4.69, 9.17) is 4.74 Å². The summed E-state index contributed by atoms with van der Waals surface area (Å²) in [6, 6.07) is 0.494. The summed E-state index contributed by atoms with van der Waals surface area (Å²) in [6.07, 6.45) is 14.7. The van der Waals surface area contributed by atoms with Crippen LogP contribution in [0.4, 0.5) is 0 Å². The van der Waals surface area contributed by atoms with Crippen LogP contribution >= 0.6 is 0 Å². The van der Waals surface area contributed by atoms with Crippen molar-refractivity contribution in [2.24, 2.45) is 56.2 Å². The van der Waals surface area contributed by atoms with E-state index in [0.29, 0.717) is 35.6 Å². The highest BCUT2D eigenvalue weighted by Crippen LogP contribution is 2.77. The van der Waals surface area contributed by atoms with Crippen LogP contribution in [-0.4, -0.2) is 72.1 Å². The van der Waals surface area contributed by atoms with Gasteiger partial charge in [0.15, 0.2) is 0 Å². The van der Waals surface area contributed by atoms with Crippen molar-refractivity contribution in [1.29, 1.82) is 0 Å². The Morgan fingerprint density at radius 2 is 1.55 bits per heavy atom. The Balaban J connectivity index is 1.19. The quantitative estimate of drug-likeness (QED) is 0.282. The number of carbonyl (C=O) groups excluding carboxylic acids is 2. The van der Waals surface area contributed by atoms with E-state index in [2.05, 4.69) is 58.5 Å². The van der Waals surface area contributed by atoms with E-state index >= 15 is 0 Å². The maximum atomic E-state index is 13.9. The van der Waals surface area contributed by atoms with Gasteiger partial charge >= 0.3 is 11.9 Å². The van der Waals surface area contributed by atoms with Gasteiger partial charge in [0.2, 0.25) is 5.91 Å². The molecule has 0 aromatic rings. The zero-order chi connectivity index (χ0) is 34.4. The monoisotopic (exact) mass is 654 g/mol. The van der Waals surface area contributed by atoms with Crippen molar-refractivity contribution in [3.8, 4) is 0 Å². The van der Waals surface area contributed by atoms with E-state index in [1.54, 1.807) is 13.8 Å². The van der Waals surface area contributed by atoms with Gasteiger partial charge in [0, 0.05) is 31.0 Å². The molecule has 7 heteroatoms. The van der Waals surface area contributed by atoms with E-state index in [-0.39, 0.29) is 45.6 Å². The van der Waals surface area contributed by atoms with Crippen molar-refractivity contribution < 1.29 is 24.2 Å². The molecule has 47 heavy (non-hydrogen) atoms. The summed E-state index contributed by atoms with van der Waals surface area (Å²) >= 11 is 0. The summed E-state index contributed by atoms with van der Waals surface area (Å²) in [5.41, 5.74) is -0.361. The molecule has 0 aromatic carbocycles. The lowest BCUT2D eigenvalue weighted by Gasteiger charge is -2.72. The summed E-state index contributed by atoms with van der Waals surface area (Å²) < 4.78 is 6.16. The van der Waals surface area contributed by atoms with Crippen LogP contribution in [0, 0.1) is 56.2 Å². The van der Waals surface area contributed by atoms with Gasteiger partial charge in [-0.15, -0.1) is 0 Å². The standard InChI is InChI=1S/C40H66N2O5/c1-35(2,34(45)46)24-33(44)47-31-15-18-37(5)29(36(31,3)4)14-19-39(7)30(37)13-12-27-28-11-10-17-40(28,21-20-38(27,39)6)23-32(43)42-22-16-26(25-42)41(8)9/h26-31H,10-25H2,1-9H3,(H,45,46)/t26-,27-,28-,29?,30?,31+,37+,38-,39-,40-/m1/s1. The summed E-state index contributed by atoms with van der Waals surface area (Å²) in [7, 11) is 4.29. The van der Waals surface area contributed by atoms with Crippen molar-refractivity contribution in [3.63, 3.8) is 0 Å². The smallest absolute Gasteiger partial charge is 0.309 e. The molecular formula is C40H66N2O5. The lowest BCUT2D eigenvalue weighted by molar-refractivity contribution is -0.248. The van der Waals surface area contributed by atoms with E-state index in [0.717, 1.165) is 45.2 Å². The molecule has 1 amide bonds. The van der Waals surface area contributed by atoms with Gasteiger partial charge in [-0.05, 0) is 144 Å². The normalized spacial score (nSPS) is 44.3. The van der Waals surface area contributed by atoms with Crippen LogP contribution in [0.2, 0.25) is 0 Å². The predicted molar refractivity (Wildman–Crippen MR) is 184 cm³/mol. The lowest BCUT2D eigenvalue weighted by Crippen LogP contribution is -2.66. The number of carboxylic acid groups (broad SMARTS) is 1. The molecule has 1 saturated heterocycles. The van der Waals surface area contributed by atoms with Crippen LogP contribution in [-0.2, 0) is 19.1 Å². The largest absolute Gasteiger partial charge is 0.481 e. The molecule has 6 rings (SSSR count). The summed E-state index contributed by atoms with van der Waals surface area (Å²) in [5.74, 6) is 1.55. The second kappa shape index (κ2) is 11.7. The lowest BCUT2D eigenvalue weighted by atomic mass is 9.32. The van der Waals surface area contributed by atoms with Crippen LogP contribution in [0.15, 0.2) is 0 Å². The first kappa shape index (κ1) is 35.2. The third kappa shape index (κ3) is 5.41. The molecule has 7 nitrogen and oxygen atoms in total. The average molecular weight is 655 g/mol. The maximum Gasteiger partial charge on any atom is 0.309 e. The molecule has 5 saturated carbocycles. The minimum Gasteiger partial charge on any atom is -0.481 e. The first-order valence-electron chi connectivity index (χ1n) is 19.2. The Labute approximate surface area is 285 Å². The van der Waals surface area contributed by atoms with Crippen LogP contribution in [0.5, 0.6) is 0 Å². The van der Waals surface area contributed by atoms with Gasteiger partial charge in [0.25, 0.3) is 0 Å². The fourth-order valence-corrected chi connectivity index (χ4v) is 13.6. The fraction of sp³-hybridized carbons (Fsp3) is 0.925. The van der Waals surface area contributed by atoms with Crippen molar-refractivity contribution in [1.82, 2.24) is 9.80 Å². The molecule has 5 aliphatic carbocycles. The number of fused-ring (bicyclic) bond motifs is 7. The Morgan fingerprint density at radius 1 is 0.830 bits per heavy atom. The van der Waals surface area contributed by atoms with E-state index in [9.17, 15) is 19.5 Å². The number of carboxylic acids is 1. The molecule has 0 aromatic heterocycles. The van der Waals surface area contributed by atoms with Crippen molar-refractivity contribution in [3.05, 3.63) is 0 Å². The highest BCUT2D eigenvalue weighted by atomic mass is 16.5. The van der Waals surface area contributed by atoms with E-state index in [1.165, 1.54) is 51.4 Å². The number of likely N-dealkylation sites (N-methyl/N-ethyl adjacent to an activating group) is 1. The van der Waals surface area contributed by atoms with Gasteiger partial charge in [-0.3, -0.25) is 14.4 Å². The minimum atomic E-state index is -1.13. The van der Waals surface area contributed by atoms with Crippen molar-refractivity contribution in [2.75, 3.05) is 27.2 Å². The minimum absolute atomic E-state index is 0.0970. The van der Waals surface area contributed by atoms with Crippen LogP contribution in [0.3, 0.4) is 0 Å². The highest BCUT2D eigenvalue weighted by Gasteiger charge is 2.70. The van der Waals surface area contributed by atoms with Gasteiger partial charge in [-0.1, -0.05) is 41.0 Å². The van der Waals surface area contributed by atoms with Gasteiger partial charge in [-0.25, -0.2) is 0 Å². The van der Waals surface area contributed by atoms with Crippen molar-refractivity contribution >= 4 is 17.8 Å². The molecular weight excluding hydrogens is 588 g/mol. The molecule has 6 aliphatic rings. The number of carbonyl (C=O) groups is 3. The Kier molecular flexibility index (Phi) is 8.78. The van der Waals surface area contributed by atoms with E-state index in [1.807, 2.05) is 0 Å². The zero-order valence-electron chi connectivity index (χ0n) is 31.3. The number of hydrogen-bond acceptors (Lipinski definition) is 5. The number of aliphatic carboxylic acids is 1. The third-order valence-electron chi connectivity index (χ3n) is 16.7. The number of esters is 1. The van der Waals surface area contributed by atoms with Crippen molar-refractivity contribution in [2.45, 2.75) is 151 Å². The summed E-state index contributed by atoms with van der Waals surface area (Å²) in [6.45, 7) is 17.6. The second-order valence-electron chi connectivity index (χ2n) is 19.7. The third-order valence-corrected chi connectivity index (χ3v) is 16.7. The Hall–Kier alpha value is -1.63. The first-order chi connectivity index (χ1) is 21.8. The van der Waals surface area contributed by atoms with Gasteiger partial charge < -0.3 is 19.6 Å². The van der Waals surface area contributed by atoms with Crippen LogP contribution in [0.25, 0.3) is 0 Å². The number of amides is 1. The van der Waals surface area contributed by atoms with Gasteiger partial charge in [0.1, 0.15) is 6.10 Å². The molecule has 6 fully saturated rings. The highest BCUT2D eigenvalue weighted by molar-refractivity contribution is 5.81. The fourth-order valence-electron chi connectivity index (χ4n) is 13.6. The molecule has 266 valence electrons. The number of ether oxygens (including phenoxy) is 1. The maximum absolute atomic E-state index is 13.9. The van der Waals surface area contributed by atoms with Gasteiger partial charge in [0.05, 0.1) is 11.8 Å². The molecule has 0 bridgehead atoms. The zero-order valence-corrected chi connectivity index (χ0v) is 31.3. The second-order valence-corrected chi connectivity index (χ2v) is 19.7. The average Bonchev–Trinajstić information content (AvgIpc) is 3.63. The summed E-state index contributed by atoms with van der Waals surface area (Å²) in [4.78, 5) is 43.0. The topological polar surface area (TPSA) is 87.2 Å². The van der Waals surface area contributed by atoms with Crippen LogP contribution in [0.1, 0.15) is 138 Å². The molecule has 0 spiro atoms. The predicted octanol–water partition coefficient (Wildman–Crippen LogP) is 7.81. The Bertz CT molecular complexity index is 1260. The molecule has 1 heterocycles. The van der Waals surface area contributed by atoms with Gasteiger partial charge in [-0.2, -0.15) is 0 Å². The number of likely N-dealkylation sites (tertiary alicyclic amines) is 1. The molecule has 0 radical (unpaired) electrons. The number of rotatable bonds is 7. The molecule has 2 unspecified atom stereocenters. The summed E-state index contributed by atoms with van der Waals surface area (Å²) in [5, 5.41) is 9.57. The number of hydrogen-bond donors (Lipinski definition) is 1. The molecule has 10 atom stereocenters. The van der Waals surface area contributed by atoms with E-state index < -0.39 is 11.4 Å². The first-order valence-corrected chi connectivity index (χ1v) is 19.2.